The minimum Gasteiger partial charge on any atom is -0.382 e. The highest BCUT2D eigenvalue weighted by Crippen LogP contribution is 2.04. The standard InChI is InChI=1S/C6H10N4/c1-10(2)6-4-8-3-5(7)9-6/h3-4H,1-2H3,(H2,7,9)/i1D3,2D3. The molecule has 0 saturated carbocycles. The second-order valence-electron chi connectivity index (χ2n) is 1.64. The average Bonchev–Trinajstić information content (AvgIpc) is 1.97. The van der Waals surface area contributed by atoms with Crippen molar-refractivity contribution in [1.82, 2.24) is 9.97 Å². The zero-order valence-electron chi connectivity index (χ0n) is 11.1. The SMILES string of the molecule is [2H]C([2H])([2H])N(c1cncc(N)n1)C([2H])([2H])[2H]. The molecule has 54 valence electrons. The van der Waals surface area contributed by atoms with Gasteiger partial charge in [0.25, 0.3) is 0 Å². The van der Waals surface area contributed by atoms with Gasteiger partial charge in [0, 0.05) is 22.2 Å². The van der Waals surface area contributed by atoms with Crippen molar-refractivity contribution in [3.63, 3.8) is 0 Å². The fourth-order valence-electron chi connectivity index (χ4n) is 0.478. The summed E-state index contributed by atoms with van der Waals surface area (Å²) in [7, 11) is 0. The molecule has 4 heteroatoms. The average molecular weight is 144 g/mol. The van der Waals surface area contributed by atoms with Gasteiger partial charge in [0.15, 0.2) is 0 Å². The summed E-state index contributed by atoms with van der Waals surface area (Å²) in [5.41, 5.74) is 5.32. The normalized spacial score (nSPS) is 20.8. The molecule has 1 aromatic rings. The monoisotopic (exact) mass is 144 g/mol. The van der Waals surface area contributed by atoms with Crippen molar-refractivity contribution in [3.05, 3.63) is 12.4 Å². The molecule has 0 atom stereocenters. The van der Waals surface area contributed by atoms with Crippen LogP contribution < -0.4 is 10.6 Å². The van der Waals surface area contributed by atoms with Gasteiger partial charge < -0.3 is 10.6 Å². The van der Waals surface area contributed by atoms with Gasteiger partial charge in [-0.1, -0.05) is 0 Å². The first kappa shape index (κ1) is 2.38. The van der Waals surface area contributed by atoms with Crippen molar-refractivity contribution in [2.45, 2.75) is 0 Å². The van der Waals surface area contributed by atoms with E-state index < -0.39 is 14.0 Å². The highest BCUT2D eigenvalue weighted by molar-refractivity contribution is 5.39. The van der Waals surface area contributed by atoms with E-state index in [9.17, 15) is 0 Å². The zero-order chi connectivity index (χ0) is 12.6. The topological polar surface area (TPSA) is 55.0 Å². The van der Waals surface area contributed by atoms with Crippen LogP contribution in [-0.4, -0.2) is 23.9 Å². The van der Waals surface area contributed by atoms with Crippen LogP contribution in [0, 0.1) is 0 Å². The largest absolute Gasteiger partial charge is 0.382 e. The lowest BCUT2D eigenvalue weighted by molar-refractivity contribution is 1.05. The molecule has 0 bridgehead atoms. The number of hydrogen-bond donors (Lipinski definition) is 1. The number of aromatic nitrogens is 2. The van der Waals surface area contributed by atoms with Gasteiger partial charge in [-0.3, -0.25) is 4.98 Å². The van der Waals surface area contributed by atoms with E-state index in [2.05, 4.69) is 9.97 Å². The Hall–Kier alpha value is -1.32. The van der Waals surface area contributed by atoms with Gasteiger partial charge in [0.1, 0.15) is 11.6 Å². The van der Waals surface area contributed by atoms with E-state index in [0.29, 0.717) is 0 Å². The highest BCUT2D eigenvalue weighted by Gasteiger charge is 1.95. The number of nitrogens with zero attached hydrogens (tertiary/aromatic N) is 3. The molecular formula is C6H10N4. The van der Waals surface area contributed by atoms with Crippen molar-refractivity contribution >= 4 is 11.6 Å². The Bertz CT molecular complexity index is 358. The number of nitrogens with two attached hydrogens (primary N) is 1. The molecule has 0 amide bonds. The highest BCUT2D eigenvalue weighted by atomic mass is 15.2. The minimum absolute atomic E-state index is 0.0454. The van der Waals surface area contributed by atoms with Crippen molar-refractivity contribution in [3.8, 4) is 0 Å². The van der Waals surface area contributed by atoms with Crippen molar-refractivity contribution in [2.75, 3.05) is 24.6 Å². The Morgan fingerprint density at radius 3 is 3.00 bits per heavy atom. The molecule has 0 fully saturated rings. The zero-order valence-corrected chi connectivity index (χ0v) is 5.07. The lowest BCUT2D eigenvalue weighted by Gasteiger charge is -2.09. The van der Waals surface area contributed by atoms with E-state index >= 15 is 0 Å². The summed E-state index contributed by atoms with van der Waals surface area (Å²) >= 11 is 0. The van der Waals surface area contributed by atoms with E-state index in [-0.39, 0.29) is 16.5 Å². The van der Waals surface area contributed by atoms with Crippen LogP contribution in [0.25, 0.3) is 0 Å². The van der Waals surface area contributed by atoms with Crippen LogP contribution in [0.4, 0.5) is 11.6 Å². The van der Waals surface area contributed by atoms with Gasteiger partial charge in [0.2, 0.25) is 0 Å². The van der Waals surface area contributed by atoms with E-state index in [4.69, 9.17) is 14.0 Å². The van der Waals surface area contributed by atoms with Crippen LogP contribution in [0.5, 0.6) is 0 Å². The molecule has 0 aliphatic heterocycles. The van der Waals surface area contributed by atoms with Crippen LogP contribution in [0.2, 0.25) is 0 Å². The van der Waals surface area contributed by atoms with Crippen LogP contribution in [0.15, 0.2) is 12.4 Å². The minimum atomic E-state index is -2.84. The van der Waals surface area contributed by atoms with Gasteiger partial charge >= 0.3 is 0 Å². The third-order valence-electron chi connectivity index (χ3n) is 0.870. The van der Waals surface area contributed by atoms with Crippen LogP contribution in [0.1, 0.15) is 8.22 Å². The van der Waals surface area contributed by atoms with Crippen molar-refractivity contribution in [1.29, 1.82) is 0 Å². The second kappa shape index (κ2) is 2.51. The molecular weight excluding hydrogens is 128 g/mol. The maximum atomic E-state index is 7.14. The maximum absolute atomic E-state index is 7.14. The number of anilines is 2. The molecule has 1 heterocycles. The molecule has 1 rings (SSSR count). The quantitative estimate of drug-likeness (QED) is 0.608. The fraction of sp³-hybridized carbons (Fsp3) is 0.333. The van der Waals surface area contributed by atoms with E-state index in [1.807, 2.05) is 0 Å². The Morgan fingerprint density at radius 2 is 2.40 bits per heavy atom. The summed E-state index contributed by atoms with van der Waals surface area (Å²) in [6, 6.07) is 0. The van der Waals surface area contributed by atoms with E-state index in [0.717, 1.165) is 6.20 Å². The maximum Gasteiger partial charge on any atom is 0.149 e. The lowest BCUT2D eigenvalue weighted by atomic mass is 10.6. The van der Waals surface area contributed by atoms with Gasteiger partial charge in [-0.05, 0) is 0 Å². The summed E-state index contributed by atoms with van der Waals surface area (Å²) in [5, 5.41) is 0. The first-order valence-corrected chi connectivity index (χ1v) is 2.50. The molecule has 0 unspecified atom stereocenters. The van der Waals surface area contributed by atoms with E-state index in [1.54, 1.807) is 0 Å². The Balaban J connectivity index is 3.23. The Morgan fingerprint density at radius 1 is 1.60 bits per heavy atom. The van der Waals surface area contributed by atoms with Crippen LogP contribution >= 0.6 is 0 Å². The summed E-state index contributed by atoms with van der Waals surface area (Å²) in [5.74, 6) is -0.351. The number of nitrogen functional groups attached to an aromatic ring is 1. The van der Waals surface area contributed by atoms with Crippen molar-refractivity contribution in [2.24, 2.45) is 0 Å². The molecule has 1 aromatic heterocycles. The Labute approximate surface area is 68.1 Å². The summed E-state index contributed by atoms with van der Waals surface area (Å²) < 4.78 is 42.9. The predicted octanol–water partition coefficient (Wildman–Crippen LogP) is 0.125. The molecule has 0 saturated heterocycles. The predicted molar refractivity (Wildman–Crippen MR) is 40.8 cm³/mol. The molecule has 2 N–H and O–H groups in total. The van der Waals surface area contributed by atoms with Crippen LogP contribution in [-0.2, 0) is 0 Å². The molecule has 10 heavy (non-hydrogen) atoms. The number of hydrogen-bond acceptors (Lipinski definition) is 4. The fourth-order valence-corrected chi connectivity index (χ4v) is 0.478. The molecule has 0 aliphatic rings. The summed E-state index contributed by atoms with van der Waals surface area (Å²) in [6.07, 6.45) is 2.23. The van der Waals surface area contributed by atoms with Crippen LogP contribution in [0.3, 0.4) is 0 Å². The first-order valence-electron chi connectivity index (χ1n) is 5.50. The second-order valence-corrected chi connectivity index (χ2v) is 1.64. The molecule has 0 spiro atoms. The molecule has 0 radical (unpaired) electrons. The van der Waals surface area contributed by atoms with Gasteiger partial charge in [0.05, 0.1) is 12.4 Å². The summed E-state index contributed by atoms with van der Waals surface area (Å²) in [4.78, 5) is 7.46. The van der Waals surface area contributed by atoms with Gasteiger partial charge in [-0.25, -0.2) is 4.98 Å². The third-order valence-corrected chi connectivity index (χ3v) is 0.870. The molecule has 4 nitrogen and oxygen atoms in total. The Kier molecular flexibility index (Phi) is 0.597. The van der Waals surface area contributed by atoms with Gasteiger partial charge in [-0.15, -0.1) is 0 Å². The summed E-state index contributed by atoms with van der Waals surface area (Å²) in [6.45, 7) is -5.68. The first-order chi connectivity index (χ1) is 7.12. The molecule has 0 aromatic carbocycles. The van der Waals surface area contributed by atoms with Gasteiger partial charge in [-0.2, -0.15) is 0 Å². The molecule has 0 aliphatic carbocycles. The number of rotatable bonds is 1. The van der Waals surface area contributed by atoms with Crippen molar-refractivity contribution < 1.29 is 8.22 Å². The lowest BCUT2D eigenvalue weighted by Crippen LogP contribution is -2.11. The van der Waals surface area contributed by atoms with E-state index in [1.165, 1.54) is 6.20 Å². The third kappa shape index (κ3) is 1.34. The smallest absolute Gasteiger partial charge is 0.149 e.